The van der Waals surface area contributed by atoms with Gasteiger partial charge in [0.2, 0.25) is 0 Å². The van der Waals surface area contributed by atoms with Crippen LogP contribution in [0.4, 0.5) is 5.82 Å². The van der Waals surface area contributed by atoms with Gasteiger partial charge in [0.05, 0.1) is 5.56 Å². The van der Waals surface area contributed by atoms with Gasteiger partial charge in [0.25, 0.3) is 0 Å². The molecule has 5 nitrogen and oxygen atoms in total. The molecule has 2 N–H and O–H groups in total. The second-order valence-corrected chi connectivity index (χ2v) is 5.47. The predicted molar refractivity (Wildman–Crippen MR) is 86.3 cm³/mol. The summed E-state index contributed by atoms with van der Waals surface area (Å²) in [6.45, 7) is 9.59. The Labute approximate surface area is 131 Å². The zero-order valence-corrected chi connectivity index (χ0v) is 13.7. The van der Waals surface area contributed by atoms with E-state index in [1.165, 1.54) is 12.1 Å². The minimum Gasteiger partial charge on any atom is -0.478 e. The lowest BCUT2D eigenvalue weighted by atomic mass is 10.1. The third-order valence-electron chi connectivity index (χ3n) is 3.44. The molecule has 0 aromatic carbocycles. The van der Waals surface area contributed by atoms with Gasteiger partial charge in [0.15, 0.2) is 0 Å². The fourth-order valence-corrected chi connectivity index (χ4v) is 2.39. The van der Waals surface area contributed by atoms with Gasteiger partial charge in [0, 0.05) is 6.04 Å². The molecule has 21 heavy (non-hydrogen) atoms. The lowest BCUT2D eigenvalue weighted by molar-refractivity contribution is 0.0697. The van der Waals surface area contributed by atoms with E-state index in [1.807, 2.05) is 0 Å². The Hall–Kier alpha value is -1.33. The molecule has 0 bridgehead atoms. The molecule has 0 aliphatic carbocycles. The molecule has 0 aliphatic heterocycles. The summed E-state index contributed by atoms with van der Waals surface area (Å²) in [5.74, 6) is -0.494. The number of aromatic carboxylic acids is 1. The molecule has 0 fully saturated rings. The maximum absolute atomic E-state index is 11.0. The van der Waals surface area contributed by atoms with Crippen LogP contribution in [-0.4, -0.2) is 46.6 Å². The number of anilines is 1. The molecule has 0 radical (unpaired) electrons. The SMILES string of the molecule is CCN(CC)CCCC(C)Nc1cc(C(=O)O)cc(Cl)n1. The lowest BCUT2D eigenvalue weighted by Crippen LogP contribution is -2.25. The quantitative estimate of drug-likeness (QED) is 0.684. The van der Waals surface area contributed by atoms with Crippen LogP contribution in [0.2, 0.25) is 5.15 Å². The summed E-state index contributed by atoms with van der Waals surface area (Å²) in [4.78, 5) is 17.5. The number of hydrogen-bond donors (Lipinski definition) is 2. The number of carbonyl (C=O) groups is 1. The fourth-order valence-electron chi connectivity index (χ4n) is 2.18. The van der Waals surface area contributed by atoms with Crippen LogP contribution in [0.5, 0.6) is 0 Å². The van der Waals surface area contributed by atoms with E-state index >= 15 is 0 Å². The molecule has 1 heterocycles. The number of rotatable bonds is 9. The van der Waals surface area contributed by atoms with E-state index in [0.29, 0.717) is 5.82 Å². The van der Waals surface area contributed by atoms with Gasteiger partial charge < -0.3 is 15.3 Å². The van der Waals surface area contributed by atoms with Crippen molar-refractivity contribution in [1.82, 2.24) is 9.88 Å². The average Bonchev–Trinajstić information content (AvgIpc) is 2.43. The standard InChI is InChI=1S/C15H24ClN3O2/c1-4-19(5-2)8-6-7-11(3)17-14-10-12(15(20)21)9-13(16)18-14/h9-11H,4-8H2,1-3H3,(H,17,18)(H,20,21). The number of hydrogen-bond acceptors (Lipinski definition) is 4. The van der Waals surface area contributed by atoms with Crippen molar-refractivity contribution in [3.63, 3.8) is 0 Å². The smallest absolute Gasteiger partial charge is 0.335 e. The van der Waals surface area contributed by atoms with Gasteiger partial charge >= 0.3 is 5.97 Å². The predicted octanol–water partition coefficient (Wildman–Crippen LogP) is 3.36. The van der Waals surface area contributed by atoms with Crippen molar-refractivity contribution in [2.24, 2.45) is 0 Å². The first-order valence-corrected chi connectivity index (χ1v) is 7.73. The summed E-state index contributed by atoms with van der Waals surface area (Å²) < 4.78 is 0. The van der Waals surface area contributed by atoms with E-state index in [2.05, 4.69) is 36.0 Å². The van der Waals surface area contributed by atoms with Gasteiger partial charge in [-0.3, -0.25) is 0 Å². The molecule has 0 saturated carbocycles. The second kappa shape index (κ2) is 8.85. The summed E-state index contributed by atoms with van der Waals surface area (Å²) in [5, 5.41) is 12.4. The first-order valence-electron chi connectivity index (χ1n) is 7.36. The Balaban J connectivity index is 2.51. The number of carboxylic acid groups (broad SMARTS) is 1. The maximum atomic E-state index is 11.0. The number of pyridine rings is 1. The minimum atomic E-state index is -1.00. The van der Waals surface area contributed by atoms with Crippen LogP contribution in [0.25, 0.3) is 0 Å². The largest absolute Gasteiger partial charge is 0.478 e. The van der Waals surface area contributed by atoms with Crippen molar-refractivity contribution in [2.75, 3.05) is 25.0 Å². The molecule has 0 saturated heterocycles. The molecule has 1 aromatic heterocycles. The number of nitrogens with one attached hydrogen (secondary N) is 1. The van der Waals surface area contributed by atoms with Crippen molar-refractivity contribution < 1.29 is 9.90 Å². The highest BCUT2D eigenvalue weighted by atomic mass is 35.5. The van der Waals surface area contributed by atoms with Gasteiger partial charge in [0.1, 0.15) is 11.0 Å². The Morgan fingerprint density at radius 1 is 1.43 bits per heavy atom. The zero-order chi connectivity index (χ0) is 15.8. The highest BCUT2D eigenvalue weighted by Crippen LogP contribution is 2.16. The van der Waals surface area contributed by atoms with Crippen LogP contribution in [0.1, 0.15) is 44.0 Å². The first-order chi connectivity index (χ1) is 9.96. The molecule has 118 valence electrons. The third-order valence-corrected chi connectivity index (χ3v) is 3.63. The van der Waals surface area contributed by atoms with E-state index in [9.17, 15) is 4.79 Å². The lowest BCUT2D eigenvalue weighted by Gasteiger charge is -2.20. The number of aromatic nitrogens is 1. The van der Waals surface area contributed by atoms with Crippen molar-refractivity contribution in [3.8, 4) is 0 Å². The number of halogens is 1. The van der Waals surface area contributed by atoms with Gasteiger partial charge in [-0.05, 0) is 51.5 Å². The summed E-state index contributed by atoms with van der Waals surface area (Å²) >= 11 is 5.84. The Kier molecular flexibility index (Phi) is 7.47. The van der Waals surface area contributed by atoms with Crippen molar-refractivity contribution in [2.45, 2.75) is 39.7 Å². The summed E-state index contributed by atoms with van der Waals surface area (Å²) in [6, 6.07) is 3.07. The molecule has 1 atom stereocenters. The van der Waals surface area contributed by atoms with Crippen LogP contribution in [0, 0.1) is 0 Å². The topological polar surface area (TPSA) is 65.5 Å². The second-order valence-electron chi connectivity index (χ2n) is 5.08. The molecule has 1 unspecified atom stereocenters. The number of carboxylic acids is 1. The van der Waals surface area contributed by atoms with Gasteiger partial charge in [-0.1, -0.05) is 25.4 Å². The molecule has 0 aliphatic rings. The molecule has 6 heteroatoms. The zero-order valence-electron chi connectivity index (χ0n) is 12.9. The fraction of sp³-hybridized carbons (Fsp3) is 0.600. The molecule has 1 rings (SSSR count). The Morgan fingerprint density at radius 2 is 2.10 bits per heavy atom. The van der Waals surface area contributed by atoms with Crippen molar-refractivity contribution in [1.29, 1.82) is 0 Å². The molecular formula is C15H24ClN3O2. The van der Waals surface area contributed by atoms with Crippen LogP contribution in [0.15, 0.2) is 12.1 Å². The summed E-state index contributed by atoms with van der Waals surface area (Å²) in [6.07, 6.45) is 2.08. The molecule has 0 amide bonds. The van der Waals surface area contributed by atoms with E-state index in [0.717, 1.165) is 32.5 Å². The van der Waals surface area contributed by atoms with E-state index in [-0.39, 0.29) is 16.8 Å². The van der Waals surface area contributed by atoms with Crippen molar-refractivity contribution >= 4 is 23.4 Å². The van der Waals surface area contributed by atoms with Crippen molar-refractivity contribution in [3.05, 3.63) is 22.8 Å². The Bertz CT molecular complexity index is 464. The summed E-state index contributed by atoms with van der Waals surface area (Å²) in [5.41, 5.74) is 0.146. The Morgan fingerprint density at radius 3 is 2.67 bits per heavy atom. The van der Waals surface area contributed by atoms with Gasteiger partial charge in [-0.25, -0.2) is 9.78 Å². The molecular weight excluding hydrogens is 290 g/mol. The van der Waals surface area contributed by atoms with E-state index < -0.39 is 5.97 Å². The van der Waals surface area contributed by atoms with Crippen LogP contribution >= 0.6 is 11.6 Å². The van der Waals surface area contributed by atoms with Crippen LogP contribution < -0.4 is 5.32 Å². The molecule has 0 spiro atoms. The van der Waals surface area contributed by atoms with E-state index in [4.69, 9.17) is 16.7 Å². The first kappa shape index (κ1) is 17.7. The molecule has 1 aromatic rings. The van der Waals surface area contributed by atoms with Crippen LogP contribution in [-0.2, 0) is 0 Å². The van der Waals surface area contributed by atoms with Gasteiger partial charge in [-0.15, -0.1) is 0 Å². The maximum Gasteiger partial charge on any atom is 0.335 e. The van der Waals surface area contributed by atoms with E-state index in [1.54, 1.807) is 0 Å². The number of nitrogens with zero attached hydrogens (tertiary/aromatic N) is 2. The average molecular weight is 314 g/mol. The highest BCUT2D eigenvalue weighted by Gasteiger charge is 2.10. The normalized spacial score (nSPS) is 12.4. The van der Waals surface area contributed by atoms with Gasteiger partial charge in [-0.2, -0.15) is 0 Å². The highest BCUT2D eigenvalue weighted by molar-refractivity contribution is 6.29. The summed E-state index contributed by atoms with van der Waals surface area (Å²) in [7, 11) is 0. The monoisotopic (exact) mass is 313 g/mol. The van der Waals surface area contributed by atoms with Crippen LogP contribution in [0.3, 0.4) is 0 Å². The third kappa shape index (κ3) is 6.31. The minimum absolute atomic E-state index is 0.146.